The number of carbonyl (C=O) groups is 2. The molecule has 7 heteroatoms. The highest BCUT2D eigenvalue weighted by atomic mass is 32.2. The number of benzene rings is 1. The van der Waals surface area contributed by atoms with E-state index in [1.807, 2.05) is 24.3 Å². The highest BCUT2D eigenvalue weighted by molar-refractivity contribution is 8.01. The number of ketones is 1. The third-order valence-electron chi connectivity index (χ3n) is 5.09. The van der Waals surface area contributed by atoms with E-state index >= 15 is 0 Å². The molecule has 1 amide bonds. The summed E-state index contributed by atoms with van der Waals surface area (Å²) < 4.78 is 0.972. The molecule has 3 saturated heterocycles. The van der Waals surface area contributed by atoms with Crippen LogP contribution < -0.4 is 5.32 Å². The second-order valence-electron chi connectivity index (χ2n) is 6.89. The Labute approximate surface area is 161 Å². The number of hydrogen-bond acceptors (Lipinski definition) is 6. The molecule has 3 aliphatic heterocycles. The molecule has 136 valence electrons. The number of nitrogens with zero attached hydrogens (tertiary/aromatic N) is 2. The average molecular weight is 388 g/mol. The van der Waals surface area contributed by atoms with Crippen molar-refractivity contribution in [3.05, 3.63) is 41.0 Å². The largest absolute Gasteiger partial charge is 0.348 e. The van der Waals surface area contributed by atoms with Gasteiger partial charge in [-0.15, -0.1) is 11.3 Å². The minimum atomic E-state index is -0.0124. The molecule has 1 atom stereocenters. The van der Waals surface area contributed by atoms with Crippen LogP contribution in [0.1, 0.15) is 39.9 Å². The number of fused-ring (bicyclic) bond motifs is 3. The summed E-state index contributed by atoms with van der Waals surface area (Å²) in [6.45, 7) is 4.85. The third-order valence-corrected chi connectivity index (χ3v) is 7.30. The zero-order valence-corrected chi connectivity index (χ0v) is 16.2. The molecule has 4 heterocycles. The summed E-state index contributed by atoms with van der Waals surface area (Å²) >= 11 is 2.95. The summed E-state index contributed by atoms with van der Waals surface area (Å²) in [6.07, 6.45) is 4.11. The van der Waals surface area contributed by atoms with E-state index < -0.39 is 0 Å². The molecule has 1 N–H and O–H groups in total. The molecule has 3 aliphatic rings. The third kappa shape index (κ3) is 3.84. The molecule has 1 aromatic heterocycles. The van der Waals surface area contributed by atoms with Gasteiger partial charge in [-0.3, -0.25) is 9.59 Å². The number of aromatic nitrogens is 1. The molecule has 5 rings (SSSR count). The first kappa shape index (κ1) is 17.7. The zero-order chi connectivity index (χ0) is 18.1. The molecule has 0 radical (unpaired) electrons. The van der Waals surface area contributed by atoms with Crippen molar-refractivity contribution in [3.8, 4) is 0 Å². The highest BCUT2D eigenvalue weighted by Gasteiger charge is 2.34. The number of amides is 1. The monoisotopic (exact) mass is 387 g/mol. The van der Waals surface area contributed by atoms with Gasteiger partial charge in [-0.25, -0.2) is 4.98 Å². The molecule has 26 heavy (non-hydrogen) atoms. The first-order chi connectivity index (χ1) is 12.6. The standard InChI is InChI=1S/C19H21N3O2S2/c1-12(23)19-20-10-17(26-19)25-15-4-2-14(3-5-15)18(24)21-16-11-22-8-6-13(16)7-9-22/h2-5,10,13,16H,6-9,11H2,1H3,(H,21,24). The van der Waals surface area contributed by atoms with Crippen LogP contribution in [-0.2, 0) is 0 Å². The summed E-state index contributed by atoms with van der Waals surface area (Å²) in [5.74, 6) is 0.624. The van der Waals surface area contributed by atoms with Gasteiger partial charge in [0.25, 0.3) is 5.91 Å². The van der Waals surface area contributed by atoms with E-state index in [0.29, 0.717) is 16.5 Å². The summed E-state index contributed by atoms with van der Waals surface area (Å²) in [5, 5.41) is 3.75. The van der Waals surface area contributed by atoms with Crippen LogP contribution >= 0.6 is 23.1 Å². The predicted molar refractivity (Wildman–Crippen MR) is 103 cm³/mol. The lowest BCUT2D eigenvalue weighted by Gasteiger charge is -2.44. The molecule has 5 nitrogen and oxygen atoms in total. The molecule has 0 aliphatic carbocycles. The quantitative estimate of drug-likeness (QED) is 0.798. The van der Waals surface area contributed by atoms with Gasteiger partial charge in [-0.05, 0) is 56.1 Å². The maximum atomic E-state index is 12.6. The van der Waals surface area contributed by atoms with E-state index in [0.717, 1.165) is 15.6 Å². The van der Waals surface area contributed by atoms with Gasteiger partial charge in [0.15, 0.2) is 10.8 Å². The number of piperidine rings is 3. The maximum Gasteiger partial charge on any atom is 0.251 e. The molecule has 2 aromatic rings. The van der Waals surface area contributed by atoms with Crippen LogP contribution in [0.5, 0.6) is 0 Å². The summed E-state index contributed by atoms with van der Waals surface area (Å²) in [7, 11) is 0. The molecule has 1 aromatic carbocycles. The fourth-order valence-electron chi connectivity index (χ4n) is 3.64. The van der Waals surface area contributed by atoms with Gasteiger partial charge < -0.3 is 10.2 Å². The SMILES string of the molecule is CC(=O)c1ncc(Sc2ccc(C(=O)NC3CN4CCC3CC4)cc2)s1. The van der Waals surface area contributed by atoms with E-state index in [1.54, 1.807) is 18.0 Å². The Bertz CT molecular complexity index is 810. The highest BCUT2D eigenvalue weighted by Crippen LogP contribution is 2.32. The second kappa shape index (κ2) is 7.50. The van der Waals surface area contributed by atoms with Gasteiger partial charge >= 0.3 is 0 Å². The van der Waals surface area contributed by atoms with E-state index in [9.17, 15) is 9.59 Å². The molecule has 2 bridgehead atoms. The van der Waals surface area contributed by atoms with E-state index in [4.69, 9.17) is 0 Å². The Morgan fingerprint density at radius 2 is 1.96 bits per heavy atom. The Balaban J connectivity index is 1.37. The topological polar surface area (TPSA) is 62.3 Å². The van der Waals surface area contributed by atoms with Gasteiger partial charge in [0.05, 0.1) is 10.4 Å². The molecule has 0 spiro atoms. The van der Waals surface area contributed by atoms with Crippen molar-refractivity contribution >= 4 is 34.8 Å². The lowest BCUT2D eigenvalue weighted by Crippen LogP contribution is -2.57. The van der Waals surface area contributed by atoms with Crippen molar-refractivity contribution < 1.29 is 9.59 Å². The predicted octanol–water partition coefficient (Wildman–Crippen LogP) is 3.32. The number of hydrogen-bond donors (Lipinski definition) is 1. The molecule has 3 fully saturated rings. The fraction of sp³-hybridized carbons (Fsp3) is 0.421. The second-order valence-corrected chi connectivity index (χ2v) is 9.29. The van der Waals surface area contributed by atoms with Gasteiger partial charge in [0.2, 0.25) is 0 Å². The van der Waals surface area contributed by atoms with Crippen LogP contribution in [0.3, 0.4) is 0 Å². The van der Waals surface area contributed by atoms with Crippen molar-refractivity contribution in [3.63, 3.8) is 0 Å². The normalized spacial score (nSPS) is 24.4. The molecular weight excluding hydrogens is 366 g/mol. The van der Waals surface area contributed by atoms with Crippen LogP contribution in [0, 0.1) is 5.92 Å². The van der Waals surface area contributed by atoms with E-state index in [1.165, 1.54) is 44.2 Å². The zero-order valence-electron chi connectivity index (χ0n) is 14.6. The number of rotatable bonds is 5. The van der Waals surface area contributed by atoms with Crippen LogP contribution in [0.4, 0.5) is 0 Å². The Morgan fingerprint density at radius 1 is 1.23 bits per heavy atom. The minimum Gasteiger partial charge on any atom is -0.348 e. The first-order valence-corrected chi connectivity index (χ1v) is 10.5. The lowest BCUT2D eigenvalue weighted by atomic mass is 9.84. The number of Topliss-reactive ketones (excluding diaryl/α,β-unsaturated/α-hetero) is 1. The average Bonchev–Trinajstić information content (AvgIpc) is 3.12. The van der Waals surface area contributed by atoms with Crippen molar-refractivity contribution in [2.75, 3.05) is 19.6 Å². The molecule has 1 unspecified atom stereocenters. The van der Waals surface area contributed by atoms with Crippen LogP contribution in [0.15, 0.2) is 39.6 Å². The van der Waals surface area contributed by atoms with Gasteiger partial charge in [0, 0.05) is 30.0 Å². The van der Waals surface area contributed by atoms with Gasteiger partial charge in [-0.2, -0.15) is 0 Å². The van der Waals surface area contributed by atoms with Crippen molar-refractivity contribution in [1.29, 1.82) is 0 Å². The number of nitrogens with one attached hydrogen (secondary N) is 1. The minimum absolute atomic E-state index is 0.0111. The van der Waals surface area contributed by atoms with E-state index in [2.05, 4.69) is 15.2 Å². The number of thiazole rings is 1. The Kier molecular flexibility index (Phi) is 5.11. The van der Waals surface area contributed by atoms with Crippen LogP contribution in [-0.4, -0.2) is 47.3 Å². The fourth-order valence-corrected chi connectivity index (χ4v) is 5.49. The van der Waals surface area contributed by atoms with E-state index in [-0.39, 0.29) is 17.7 Å². The smallest absolute Gasteiger partial charge is 0.251 e. The van der Waals surface area contributed by atoms with Crippen LogP contribution in [0.2, 0.25) is 0 Å². The summed E-state index contributed by atoms with van der Waals surface area (Å²) in [5.41, 5.74) is 0.694. The summed E-state index contributed by atoms with van der Waals surface area (Å²) in [4.78, 5) is 31.5. The number of carbonyl (C=O) groups excluding carboxylic acids is 2. The Morgan fingerprint density at radius 3 is 2.54 bits per heavy atom. The van der Waals surface area contributed by atoms with Gasteiger partial charge in [0.1, 0.15) is 0 Å². The van der Waals surface area contributed by atoms with Crippen molar-refractivity contribution in [2.45, 2.75) is 34.9 Å². The van der Waals surface area contributed by atoms with Crippen LogP contribution in [0.25, 0.3) is 0 Å². The molecule has 0 saturated carbocycles. The first-order valence-electron chi connectivity index (χ1n) is 8.86. The maximum absolute atomic E-state index is 12.6. The summed E-state index contributed by atoms with van der Waals surface area (Å²) in [6, 6.07) is 7.91. The lowest BCUT2D eigenvalue weighted by molar-refractivity contribution is 0.0620. The van der Waals surface area contributed by atoms with Crippen molar-refractivity contribution in [2.24, 2.45) is 5.92 Å². The van der Waals surface area contributed by atoms with Crippen molar-refractivity contribution in [1.82, 2.24) is 15.2 Å². The molecular formula is C19H21N3O2S2. The Hall–Kier alpha value is -1.70. The van der Waals surface area contributed by atoms with Gasteiger partial charge in [-0.1, -0.05) is 11.8 Å².